The molecule has 2 aromatic heterocycles. The molecule has 0 fully saturated rings. The van der Waals surface area contributed by atoms with Crippen molar-refractivity contribution in [3.8, 4) is 6.07 Å². The summed E-state index contributed by atoms with van der Waals surface area (Å²) in [5.74, 6) is 0. The third-order valence-electron chi connectivity index (χ3n) is 4.09. The Morgan fingerprint density at radius 2 is 2.00 bits per heavy atom. The molecule has 0 saturated carbocycles. The largest absolute Gasteiger partial charge is 0.360 e. The predicted molar refractivity (Wildman–Crippen MR) is 101 cm³/mol. The molecule has 0 aliphatic rings. The van der Waals surface area contributed by atoms with Crippen molar-refractivity contribution in [1.29, 1.82) is 5.26 Å². The van der Waals surface area contributed by atoms with Crippen LogP contribution in [-0.2, 0) is 0 Å². The first-order valence-corrected chi connectivity index (χ1v) is 8.28. The molecule has 1 N–H and O–H groups in total. The number of hydrogen-bond donors (Lipinski definition) is 1. The fourth-order valence-electron chi connectivity index (χ4n) is 2.94. The third kappa shape index (κ3) is 2.40. The van der Waals surface area contributed by atoms with Crippen LogP contribution in [0.25, 0.3) is 33.3 Å². The Balaban J connectivity index is 1.93. The second-order valence-corrected chi connectivity index (χ2v) is 6.33. The molecule has 4 rings (SSSR count). The highest BCUT2D eigenvalue weighted by molar-refractivity contribution is 9.10. The van der Waals surface area contributed by atoms with E-state index in [2.05, 4.69) is 32.0 Å². The molecular weight excluding hydrogens is 362 g/mol. The molecule has 3 nitrogen and oxygen atoms in total. The maximum Gasteiger partial charge on any atom is 0.0998 e. The number of benzene rings is 2. The summed E-state index contributed by atoms with van der Waals surface area (Å²) in [5.41, 5.74) is 3.54. The third-order valence-corrected chi connectivity index (χ3v) is 4.75. The van der Waals surface area contributed by atoms with Gasteiger partial charge in [0.1, 0.15) is 0 Å². The fraction of sp³-hybridized carbons (Fsp3) is 0. The maximum atomic E-state index is 9.70. The van der Waals surface area contributed by atoms with Gasteiger partial charge < -0.3 is 4.98 Å². The van der Waals surface area contributed by atoms with Crippen LogP contribution < -0.4 is 0 Å². The number of halogens is 1. The molecule has 4 heteroatoms. The Kier molecular flexibility index (Phi) is 3.64. The summed E-state index contributed by atoms with van der Waals surface area (Å²) in [5, 5.41) is 12.9. The Morgan fingerprint density at radius 3 is 2.88 bits per heavy atom. The van der Waals surface area contributed by atoms with Crippen molar-refractivity contribution in [2.24, 2.45) is 0 Å². The molecule has 0 bridgehead atoms. The molecule has 2 heterocycles. The molecule has 114 valence electrons. The zero-order chi connectivity index (χ0) is 16.5. The topological polar surface area (TPSA) is 52.5 Å². The summed E-state index contributed by atoms with van der Waals surface area (Å²) in [7, 11) is 0. The zero-order valence-corrected chi connectivity index (χ0v) is 14.2. The summed E-state index contributed by atoms with van der Waals surface area (Å²) in [6, 6.07) is 16.3. The van der Waals surface area contributed by atoms with Crippen LogP contribution in [0.5, 0.6) is 0 Å². The first-order chi connectivity index (χ1) is 11.8. The molecule has 0 radical (unpaired) electrons. The molecule has 0 aliphatic carbocycles. The van der Waals surface area contributed by atoms with E-state index in [0.29, 0.717) is 5.57 Å². The molecule has 2 aromatic carbocycles. The molecule has 0 unspecified atom stereocenters. The van der Waals surface area contributed by atoms with Gasteiger partial charge >= 0.3 is 0 Å². The Bertz CT molecular complexity index is 1130. The number of fused-ring (bicyclic) bond motifs is 2. The number of H-pyrrole nitrogens is 1. The van der Waals surface area contributed by atoms with Gasteiger partial charge in [-0.25, -0.2) is 0 Å². The van der Waals surface area contributed by atoms with Gasteiger partial charge in [0.05, 0.1) is 17.2 Å². The number of nitrogens with one attached hydrogen (secondary N) is 1. The van der Waals surface area contributed by atoms with Crippen LogP contribution in [0.2, 0.25) is 0 Å². The van der Waals surface area contributed by atoms with E-state index in [1.54, 1.807) is 6.20 Å². The van der Waals surface area contributed by atoms with Crippen molar-refractivity contribution in [1.82, 2.24) is 9.97 Å². The number of para-hydroxylation sites is 1. The number of nitriles is 1. The summed E-state index contributed by atoms with van der Waals surface area (Å²) in [4.78, 5) is 7.40. The van der Waals surface area contributed by atoms with Crippen molar-refractivity contribution >= 4 is 49.3 Å². The Labute approximate surface area is 147 Å². The van der Waals surface area contributed by atoms with Gasteiger partial charge in [0.2, 0.25) is 0 Å². The van der Waals surface area contributed by atoms with Gasteiger partial charge in [0.25, 0.3) is 0 Å². The van der Waals surface area contributed by atoms with Crippen LogP contribution in [0, 0.1) is 11.3 Å². The predicted octanol–water partition coefficient (Wildman–Crippen LogP) is 5.54. The smallest absolute Gasteiger partial charge is 0.0998 e. The van der Waals surface area contributed by atoms with E-state index in [0.717, 1.165) is 37.3 Å². The van der Waals surface area contributed by atoms with Gasteiger partial charge in [-0.3, -0.25) is 4.98 Å². The minimum Gasteiger partial charge on any atom is -0.360 e. The number of aromatic amines is 1. The van der Waals surface area contributed by atoms with Gasteiger partial charge in [-0.2, -0.15) is 5.26 Å². The maximum absolute atomic E-state index is 9.70. The minimum absolute atomic E-state index is 0.628. The normalized spacial score (nSPS) is 11.8. The molecule has 0 saturated heterocycles. The number of pyridine rings is 1. The Hall–Kier alpha value is -2.90. The van der Waals surface area contributed by atoms with Crippen LogP contribution in [0.15, 0.2) is 65.5 Å². The molecule has 24 heavy (non-hydrogen) atoms. The molecular formula is C20H12BrN3. The van der Waals surface area contributed by atoms with E-state index < -0.39 is 0 Å². The summed E-state index contributed by atoms with van der Waals surface area (Å²) in [6.45, 7) is 0. The average Bonchev–Trinajstić information content (AvgIpc) is 3.05. The SMILES string of the molecule is N#C/C(=C\c1cccc2cnccc12)c1c[nH]c2c(Br)cccc12. The van der Waals surface area contributed by atoms with Crippen molar-refractivity contribution in [3.05, 3.63) is 76.7 Å². The first kappa shape index (κ1) is 14.7. The summed E-state index contributed by atoms with van der Waals surface area (Å²) in [6.07, 6.45) is 7.43. The van der Waals surface area contributed by atoms with Crippen molar-refractivity contribution < 1.29 is 0 Å². The molecule has 0 atom stereocenters. The van der Waals surface area contributed by atoms with E-state index in [9.17, 15) is 5.26 Å². The zero-order valence-electron chi connectivity index (χ0n) is 12.6. The lowest BCUT2D eigenvalue weighted by atomic mass is 10.00. The van der Waals surface area contributed by atoms with Gasteiger partial charge in [0, 0.05) is 39.4 Å². The van der Waals surface area contributed by atoms with Crippen LogP contribution >= 0.6 is 15.9 Å². The first-order valence-electron chi connectivity index (χ1n) is 7.48. The molecule has 0 amide bonds. The van der Waals surface area contributed by atoms with Gasteiger partial charge in [-0.1, -0.05) is 30.3 Å². The summed E-state index contributed by atoms with van der Waals surface area (Å²) < 4.78 is 0.986. The Morgan fingerprint density at radius 1 is 1.12 bits per heavy atom. The van der Waals surface area contributed by atoms with Crippen LogP contribution in [0.3, 0.4) is 0 Å². The van der Waals surface area contributed by atoms with E-state index in [1.165, 1.54) is 0 Å². The number of aromatic nitrogens is 2. The van der Waals surface area contributed by atoms with Gasteiger partial charge in [0.15, 0.2) is 0 Å². The molecule has 0 spiro atoms. The minimum atomic E-state index is 0.628. The highest BCUT2D eigenvalue weighted by Gasteiger charge is 2.11. The fourth-order valence-corrected chi connectivity index (χ4v) is 3.42. The number of nitrogens with zero attached hydrogens (tertiary/aromatic N) is 2. The monoisotopic (exact) mass is 373 g/mol. The molecule has 4 aromatic rings. The summed E-state index contributed by atoms with van der Waals surface area (Å²) >= 11 is 3.54. The van der Waals surface area contributed by atoms with Crippen LogP contribution in [-0.4, -0.2) is 9.97 Å². The standard InChI is InChI=1S/C20H12BrN3/c21-19-6-2-5-17-18(12-24-20(17)19)15(10-22)9-13-3-1-4-14-11-23-8-7-16(13)14/h1-9,11-12,24H/b15-9+. The van der Waals surface area contributed by atoms with Gasteiger partial charge in [-0.15, -0.1) is 0 Å². The lowest BCUT2D eigenvalue weighted by Gasteiger charge is -2.03. The lowest BCUT2D eigenvalue weighted by molar-refractivity contribution is 1.36. The van der Waals surface area contributed by atoms with E-state index >= 15 is 0 Å². The quantitative estimate of drug-likeness (QED) is 0.468. The number of rotatable bonds is 2. The van der Waals surface area contributed by atoms with Crippen molar-refractivity contribution in [3.63, 3.8) is 0 Å². The number of allylic oxidation sites excluding steroid dienone is 1. The molecule has 0 aliphatic heterocycles. The van der Waals surface area contributed by atoms with Crippen LogP contribution in [0.1, 0.15) is 11.1 Å². The van der Waals surface area contributed by atoms with Crippen LogP contribution in [0.4, 0.5) is 0 Å². The van der Waals surface area contributed by atoms with Gasteiger partial charge in [-0.05, 0) is 45.1 Å². The van der Waals surface area contributed by atoms with E-state index in [1.807, 2.05) is 60.9 Å². The highest BCUT2D eigenvalue weighted by atomic mass is 79.9. The second kappa shape index (κ2) is 5.95. The highest BCUT2D eigenvalue weighted by Crippen LogP contribution is 2.31. The number of hydrogen-bond acceptors (Lipinski definition) is 2. The van der Waals surface area contributed by atoms with Crippen molar-refractivity contribution in [2.45, 2.75) is 0 Å². The average molecular weight is 374 g/mol. The lowest BCUT2D eigenvalue weighted by Crippen LogP contribution is -1.83. The second-order valence-electron chi connectivity index (χ2n) is 5.48. The van der Waals surface area contributed by atoms with Crippen molar-refractivity contribution in [2.75, 3.05) is 0 Å². The van der Waals surface area contributed by atoms with E-state index in [-0.39, 0.29) is 0 Å². The van der Waals surface area contributed by atoms with E-state index in [4.69, 9.17) is 0 Å².